The van der Waals surface area contributed by atoms with Gasteiger partial charge in [-0.3, -0.25) is 14.0 Å². The van der Waals surface area contributed by atoms with Gasteiger partial charge in [0, 0.05) is 29.3 Å². The molecule has 0 aliphatic heterocycles. The fourth-order valence-corrected chi connectivity index (χ4v) is 5.70. The van der Waals surface area contributed by atoms with Crippen molar-refractivity contribution in [1.29, 1.82) is 0 Å². The first-order valence-corrected chi connectivity index (χ1v) is 18.6. The highest BCUT2D eigenvalue weighted by atomic mass is 35.7. The van der Waals surface area contributed by atoms with Crippen molar-refractivity contribution in [1.82, 2.24) is 29.3 Å². The number of anilines is 1. The number of rotatable bonds is 8. The molecule has 4 N–H and O–H groups in total. The Morgan fingerprint density at radius 3 is 1.17 bits per heavy atom. The van der Waals surface area contributed by atoms with E-state index < -0.39 is 19.1 Å². The first kappa shape index (κ1) is 36.1. The molecule has 6 rings (SSSR count). The highest BCUT2D eigenvalue weighted by Crippen LogP contribution is 2.20. The predicted octanol–water partition coefficient (Wildman–Crippen LogP) is 5.63. The van der Waals surface area contributed by atoms with Crippen LogP contribution in [0.2, 0.25) is 0 Å². The van der Waals surface area contributed by atoms with Crippen LogP contribution in [0, 0.1) is 0 Å². The molecular formula is C33H37ClN8O4S2. The molecule has 48 heavy (non-hydrogen) atoms. The smallest absolute Gasteiger partial charge is 0.280 e. The molecule has 3 atom stereocenters. The van der Waals surface area contributed by atoms with Gasteiger partial charge >= 0.3 is 0 Å². The van der Waals surface area contributed by atoms with E-state index in [4.69, 9.17) is 21.6 Å². The minimum absolute atomic E-state index is 0.0355. The first-order valence-electron chi connectivity index (χ1n) is 14.8. The van der Waals surface area contributed by atoms with Crippen molar-refractivity contribution in [2.45, 2.75) is 48.9 Å². The van der Waals surface area contributed by atoms with Gasteiger partial charge in [-0.15, -0.1) is 0 Å². The summed E-state index contributed by atoms with van der Waals surface area (Å²) >= 11 is 0. The normalized spacial score (nSPS) is 13.3. The summed E-state index contributed by atoms with van der Waals surface area (Å²) in [7, 11) is -2.27. The number of aromatic nitrogens is 6. The lowest BCUT2D eigenvalue weighted by molar-refractivity contribution is 0.542. The number of nitrogen functional groups attached to an aromatic ring is 1. The zero-order valence-electron chi connectivity index (χ0n) is 26.5. The van der Waals surface area contributed by atoms with Crippen LogP contribution in [-0.4, -0.2) is 46.2 Å². The van der Waals surface area contributed by atoms with Gasteiger partial charge in [0.25, 0.3) is 19.1 Å². The summed E-state index contributed by atoms with van der Waals surface area (Å²) in [5.41, 5.74) is 8.90. The Labute approximate surface area is 285 Å². The van der Waals surface area contributed by atoms with Crippen LogP contribution in [0.15, 0.2) is 138 Å². The molecule has 0 bridgehead atoms. The monoisotopic (exact) mass is 708 g/mol. The Bertz CT molecular complexity index is 1990. The second kappa shape index (κ2) is 15.9. The Morgan fingerprint density at radius 1 is 0.542 bits per heavy atom. The average molecular weight is 709 g/mol. The molecule has 0 amide bonds. The van der Waals surface area contributed by atoms with Crippen LogP contribution in [0.3, 0.4) is 0 Å². The molecule has 0 radical (unpaired) electrons. The summed E-state index contributed by atoms with van der Waals surface area (Å²) in [6, 6.07) is 34.4. The Balaban J connectivity index is 0.000000163. The summed E-state index contributed by atoms with van der Waals surface area (Å²) in [6.45, 7) is 5.98. The molecule has 6 aromatic rings. The largest absolute Gasteiger partial charge is 0.382 e. The third-order valence-corrected chi connectivity index (χ3v) is 9.37. The zero-order valence-corrected chi connectivity index (χ0v) is 28.9. The van der Waals surface area contributed by atoms with Crippen LogP contribution in [0.5, 0.6) is 0 Å². The Morgan fingerprint density at radius 2 is 0.875 bits per heavy atom. The van der Waals surface area contributed by atoms with E-state index in [1.807, 2.05) is 104 Å². The maximum absolute atomic E-state index is 11.1. The van der Waals surface area contributed by atoms with E-state index in [1.54, 1.807) is 27.8 Å². The van der Waals surface area contributed by atoms with E-state index in [0.29, 0.717) is 5.82 Å². The molecule has 0 spiro atoms. The number of halogens is 1. The van der Waals surface area contributed by atoms with Crippen LogP contribution in [0.4, 0.5) is 5.82 Å². The van der Waals surface area contributed by atoms with Crippen molar-refractivity contribution < 1.29 is 16.8 Å². The lowest BCUT2D eigenvalue weighted by atomic mass is 10.1. The second-order valence-corrected chi connectivity index (χ2v) is 14.8. The summed E-state index contributed by atoms with van der Waals surface area (Å²) in [4.78, 5) is 0. The minimum Gasteiger partial charge on any atom is -0.382 e. The van der Waals surface area contributed by atoms with Gasteiger partial charge in [-0.2, -0.15) is 15.3 Å². The van der Waals surface area contributed by atoms with E-state index in [0.717, 1.165) is 11.1 Å². The SMILES string of the molecule is CC(c1ccccc1)n1ccc(N)n1.CC(c1ccccc1)n1ccc(S(=O)(=O)Cl)n1.CC(c1ccccc1)n1ccc(S(N)(=O)=O)n1. The molecule has 0 fully saturated rings. The van der Waals surface area contributed by atoms with Crippen LogP contribution >= 0.6 is 10.7 Å². The zero-order chi connectivity index (χ0) is 34.9. The van der Waals surface area contributed by atoms with Crippen LogP contribution in [0.1, 0.15) is 55.6 Å². The Hall–Kier alpha value is -4.76. The maximum Gasteiger partial charge on any atom is 0.280 e. The molecule has 12 nitrogen and oxygen atoms in total. The van der Waals surface area contributed by atoms with Gasteiger partial charge in [0.1, 0.15) is 5.82 Å². The van der Waals surface area contributed by atoms with Gasteiger partial charge in [-0.25, -0.2) is 22.0 Å². The fraction of sp³-hybridized carbons (Fsp3) is 0.182. The lowest BCUT2D eigenvalue weighted by Crippen LogP contribution is -2.14. The summed E-state index contributed by atoms with van der Waals surface area (Å²) in [5, 5.41) is 16.9. The predicted molar refractivity (Wildman–Crippen MR) is 186 cm³/mol. The number of benzene rings is 3. The lowest BCUT2D eigenvalue weighted by Gasteiger charge is -2.11. The molecule has 0 aliphatic rings. The number of hydrogen-bond donors (Lipinski definition) is 2. The standard InChI is InChI=1S/C11H11ClN2O2S.C11H13N3O2S.C11H13N3/c2*1-9(10-5-3-2-4-6-10)14-8-7-11(13-14)17(12,15)16;1-9(10-5-3-2-4-6-10)14-8-7-11(12)13-14/h2-9H,1H3;2-9H,1H3,(H2,12,15,16);2-9H,1H3,(H2,12,13). The highest BCUT2D eigenvalue weighted by molar-refractivity contribution is 8.13. The molecule has 3 unspecified atom stereocenters. The van der Waals surface area contributed by atoms with Gasteiger partial charge in [0.15, 0.2) is 10.1 Å². The third kappa shape index (κ3) is 9.87. The fourth-order valence-electron chi connectivity index (χ4n) is 4.58. The van der Waals surface area contributed by atoms with E-state index in [-0.39, 0.29) is 28.2 Å². The number of sulfonamides is 1. The quantitative estimate of drug-likeness (QED) is 0.191. The third-order valence-electron chi connectivity index (χ3n) is 7.37. The summed E-state index contributed by atoms with van der Waals surface area (Å²) in [5.74, 6) is 0.563. The maximum atomic E-state index is 11.1. The van der Waals surface area contributed by atoms with Crippen molar-refractivity contribution in [3.63, 3.8) is 0 Å². The van der Waals surface area contributed by atoms with Crippen molar-refractivity contribution in [2.24, 2.45) is 5.14 Å². The average Bonchev–Trinajstić information content (AvgIpc) is 3.87. The van der Waals surface area contributed by atoms with Crippen LogP contribution in [-0.2, 0) is 19.1 Å². The Kier molecular flexibility index (Phi) is 11.9. The molecule has 3 heterocycles. The molecule has 0 saturated carbocycles. The van der Waals surface area contributed by atoms with E-state index in [1.165, 1.54) is 17.7 Å². The topological polar surface area (TPSA) is 174 Å². The molecule has 0 saturated heterocycles. The first-order chi connectivity index (χ1) is 22.7. The highest BCUT2D eigenvalue weighted by Gasteiger charge is 2.17. The summed E-state index contributed by atoms with van der Waals surface area (Å²) in [6.07, 6.45) is 5.11. The number of nitrogens with zero attached hydrogens (tertiary/aromatic N) is 6. The second-order valence-electron chi connectivity index (χ2n) is 10.7. The molecule has 252 valence electrons. The van der Waals surface area contributed by atoms with Gasteiger partial charge in [0.2, 0.25) is 0 Å². The molecule has 15 heteroatoms. The molecule has 3 aromatic carbocycles. The molecule has 3 aromatic heterocycles. The molecular weight excluding hydrogens is 672 g/mol. The molecule has 0 aliphatic carbocycles. The minimum atomic E-state index is -3.76. The van der Waals surface area contributed by atoms with Crippen molar-refractivity contribution in [2.75, 3.05) is 5.73 Å². The summed E-state index contributed by atoms with van der Waals surface area (Å²) < 4.78 is 49.4. The van der Waals surface area contributed by atoms with Gasteiger partial charge in [-0.05, 0) is 55.7 Å². The number of nitrogens with two attached hydrogens (primary N) is 2. The number of hydrogen-bond acceptors (Lipinski definition) is 8. The van der Waals surface area contributed by atoms with Crippen LogP contribution in [0.25, 0.3) is 0 Å². The van der Waals surface area contributed by atoms with Gasteiger partial charge in [0.05, 0.1) is 18.1 Å². The van der Waals surface area contributed by atoms with E-state index in [9.17, 15) is 16.8 Å². The van der Waals surface area contributed by atoms with Crippen molar-refractivity contribution >= 4 is 35.6 Å². The van der Waals surface area contributed by atoms with Crippen molar-refractivity contribution in [3.8, 4) is 0 Å². The van der Waals surface area contributed by atoms with E-state index >= 15 is 0 Å². The van der Waals surface area contributed by atoms with E-state index in [2.05, 4.69) is 34.4 Å². The number of primary sulfonamides is 1. The van der Waals surface area contributed by atoms with Gasteiger partial charge in [-0.1, -0.05) is 91.0 Å². The van der Waals surface area contributed by atoms with Crippen molar-refractivity contribution in [3.05, 3.63) is 144 Å². The van der Waals surface area contributed by atoms with Gasteiger partial charge < -0.3 is 5.73 Å². The van der Waals surface area contributed by atoms with Crippen LogP contribution < -0.4 is 10.9 Å².